The Balaban J connectivity index is 5.97. The molecular formula is C33H8O. The predicted octanol–water partition coefficient (Wildman–Crippen LogP) is 5.98. The van der Waals surface area contributed by atoms with E-state index < -0.39 is 0 Å². The first kappa shape index (κ1) is 27.1. The SMILES string of the molecule is C=C=C=C=C=C=C=C=C=C=C=C=C=C=C=C=C=C=C=C=C=C=C=C=C=C=C=C=C=C(O)C(=C)C. The molecule has 1 nitrogen and oxygen atoms in total. The first-order chi connectivity index (χ1) is 16.7. The van der Waals surface area contributed by atoms with Gasteiger partial charge in [0.2, 0.25) is 0 Å². The van der Waals surface area contributed by atoms with Crippen molar-refractivity contribution >= 4 is 0 Å². The third-order valence-corrected chi connectivity index (χ3v) is 2.24. The summed E-state index contributed by atoms with van der Waals surface area (Å²) in [7, 11) is 0. The Labute approximate surface area is 197 Å². The summed E-state index contributed by atoms with van der Waals surface area (Å²) in [6.07, 6.45) is 0. The summed E-state index contributed by atoms with van der Waals surface area (Å²) in [6.45, 7) is 8.47. The highest BCUT2D eigenvalue weighted by molar-refractivity contribution is 5.17. The van der Waals surface area contributed by atoms with E-state index in [1.807, 2.05) is 0 Å². The van der Waals surface area contributed by atoms with Gasteiger partial charge < -0.3 is 5.11 Å². The van der Waals surface area contributed by atoms with Gasteiger partial charge in [0.15, 0.2) is 5.76 Å². The first-order valence-electron chi connectivity index (χ1n) is 8.68. The second-order valence-electron chi connectivity index (χ2n) is 4.68. The quantitative estimate of drug-likeness (QED) is 0.315. The van der Waals surface area contributed by atoms with Gasteiger partial charge in [-0.1, -0.05) is 12.3 Å². The van der Waals surface area contributed by atoms with Gasteiger partial charge >= 0.3 is 0 Å². The van der Waals surface area contributed by atoms with Gasteiger partial charge in [-0.25, -0.2) is 0 Å². The molecular weight excluding hydrogens is 412 g/mol. The average molecular weight is 420 g/mol. The third-order valence-electron chi connectivity index (χ3n) is 2.24. The van der Waals surface area contributed by atoms with E-state index in [-0.39, 0.29) is 5.76 Å². The molecule has 0 amide bonds. The van der Waals surface area contributed by atoms with Gasteiger partial charge in [-0.05, 0) is 117 Å². The summed E-state index contributed by atoms with van der Waals surface area (Å²) < 4.78 is 0. The van der Waals surface area contributed by atoms with E-state index in [9.17, 15) is 5.11 Å². The Morgan fingerprint density at radius 1 is 0.412 bits per heavy atom. The highest BCUT2D eigenvalue weighted by Gasteiger charge is 1.86. The molecule has 0 rings (SSSR count). The van der Waals surface area contributed by atoms with Crippen LogP contribution in [0.25, 0.3) is 0 Å². The molecule has 146 valence electrons. The Bertz CT molecular complexity index is 1980. The maximum Gasteiger partial charge on any atom is 0.170 e. The van der Waals surface area contributed by atoms with Crippen LogP contribution in [0.3, 0.4) is 0 Å². The lowest BCUT2D eigenvalue weighted by Gasteiger charge is -1.86. The van der Waals surface area contributed by atoms with Crippen molar-refractivity contribution in [2.24, 2.45) is 0 Å². The summed E-state index contributed by atoms with van der Waals surface area (Å²) in [5.41, 5.74) is 69.7. The van der Waals surface area contributed by atoms with E-state index in [0.717, 1.165) is 0 Å². The predicted molar refractivity (Wildman–Crippen MR) is 125 cm³/mol. The smallest absolute Gasteiger partial charge is 0.170 e. The van der Waals surface area contributed by atoms with Gasteiger partial charge in [0.1, 0.15) is 0 Å². The van der Waals surface area contributed by atoms with Gasteiger partial charge in [-0.15, -0.1) is 0 Å². The minimum atomic E-state index is -0.113. The van der Waals surface area contributed by atoms with Crippen molar-refractivity contribution in [2.45, 2.75) is 6.92 Å². The van der Waals surface area contributed by atoms with Crippen molar-refractivity contribution in [1.82, 2.24) is 0 Å². The molecule has 1 N–H and O–H groups in total. The van der Waals surface area contributed by atoms with Gasteiger partial charge in [0.25, 0.3) is 0 Å². The molecule has 0 aromatic heterocycles. The number of aliphatic hydroxyl groups is 1. The molecule has 0 aliphatic carbocycles. The molecule has 0 radical (unpaired) electrons. The summed E-state index contributed by atoms with van der Waals surface area (Å²) in [4.78, 5) is 0. The maximum atomic E-state index is 9.27. The molecule has 0 aliphatic rings. The lowest BCUT2D eigenvalue weighted by atomic mass is 10.3. The normalized spacial score (nSPS) is 4.62. The summed E-state index contributed by atoms with van der Waals surface area (Å²) in [6, 6.07) is 0. The topological polar surface area (TPSA) is 20.2 Å². The molecule has 0 aromatic carbocycles. The van der Waals surface area contributed by atoms with E-state index in [4.69, 9.17) is 0 Å². The summed E-state index contributed by atoms with van der Waals surface area (Å²) in [5, 5.41) is 9.27. The highest BCUT2D eigenvalue weighted by Crippen LogP contribution is 1.97. The van der Waals surface area contributed by atoms with Crippen molar-refractivity contribution < 1.29 is 5.11 Å². The molecule has 0 heterocycles. The molecule has 1 heteroatoms. The summed E-state index contributed by atoms with van der Waals surface area (Å²) in [5.74, 6) is -0.113. The van der Waals surface area contributed by atoms with Crippen LogP contribution < -0.4 is 0 Å². The monoisotopic (exact) mass is 420 g/mol. The number of rotatable bonds is 1. The minimum absolute atomic E-state index is 0.113. The van der Waals surface area contributed by atoms with Gasteiger partial charge in [0, 0.05) is 57.3 Å². The Hall–Kier alpha value is -6.88. The number of aliphatic hydroxyl groups excluding tert-OH is 1. The van der Waals surface area contributed by atoms with Crippen LogP contribution in [-0.4, -0.2) is 5.11 Å². The van der Waals surface area contributed by atoms with Crippen LogP contribution in [0.15, 0.2) is 185 Å². The van der Waals surface area contributed by atoms with Gasteiger partial charge in [0.05, 0.1) is 0 Å². The molecule has 0 aromatic rings. The maximum absolute atomic E-state index is 9.27. The molecule has 0 spiro atoms. The lowest BCUT2D eigenvalue weighted by molar-refractivity contribution is 0.425. The minimum Gasteiger partial charge on any atom is -0.500 e. The molecule has 0 aliphatic heterocycles. The zero-order chi connectivity index (χ0) is 25.0. The zero-order valence-corrected chi connectivity index (χ0v) is 17.9. The van der Waals surface area contributed by atoms with Crippen molar-refractivity contribution in [2.75, 3.05) is 0 Å². The largest absolute Gasteiger partial charge is 0.500 e. The molecule has 0 fully saturated rings. The molecule has 34 heavy (non-hydrogen) atoms. The van der Waals surface area contributed by atoms with Crippen LogP contribution in [0, 0.1) is 0 Å². The van der Waals surface area contributed by atoms with Crippen LogP contribution in [-0.2, 0) is 0 Å². The first-order valence-corrected chi connectivity index (χ1v) is 8.68. The van der Waals surface area contributed by atoms with Crippen LogP contribution in [0.4, 0.5) is 0 Å². The molecule has 0 unspecified atom stereocenters. The fraction of sp³-hybridized carbons (Fsp3) is 0.0303. The van der Waals surface area contributed by atoms with Gasteiger partial charge in [-0.3, -0.25) is 0 Å². The second kappa shape index (κ2) is 22.4. The van der Waals surface area contributed by atoms with Crippen molar-refractivity contribution in [1.29, 1.82) is 0 Å². The van der Waals surface area contributed by atoms with Crippen LogP contribution in [0.5, 0.6) is 0 Å². The lowest BCUT2D eigenvalue weighted by Crippen LogP contribution is -1.75. The third kappa shape index (κ3) is 21.4. The van der Waals surface area contributed by atoms with Crippen LogP contribution >= 0.6 is 0 Å². The molecule has 0 bridgehead atoms. The molecule has 0 atom stereocenters. The second-order valence-corrected chi connectivity index (χ2v) is 4.68. The fourth-order valence-corrected chi connectivity index (χ4v) is 0.991. The van der Waals surface area contributed by atoms with Crippen molar-refractivity contribution in [3.8, 4) is 0 Å². The number of allylic oxidation sites excluding steroid dienone is 1. The van der Waals surface area contributed by atoms with E-state index >= 15 is 0 Å². The standard InChI is InChI=1S/C33H8O/c1-4-5-6-7-8-9-10-11-12-13-14-15-16-17-18-19-20-21-22-23-24-25-26-27-28-29-30-31-33(34)32(2)3/h34H,1-2H2,3H3. The fourth-order valence-electron chi connectivity index (χ4n) is 0.991. The highest BCUT2D eigenvalue weighted by atomic mass is 16.3. The van der Waals surface area contributed by atoms with Gasteiger partial charge in [-0.2, -0.15) is 0 Å². The van der Waals surface area contributed by atoms with Crippen molar-refractivity contribution in [3.05, 3.63) is 185 Å². The molecule has 0 saturated carbocycles. The Morgan fingerprint density at radius 2 is 0.618 bits per heavy atom. The van der Waals surface area contributed by atoms with Crippen LogP contribution in [0.2, 0.25) is 0 Å². The summed E-state index contributed by atoms with van der Waals surface area (Å²) >= 11 is 0. The van der Waals surface area contributed by atoms with E-state index in [1.165, 1.54) is 0 Å². The molecule has 0 saturated heterocycles. The Morgan fingerprint density at radius 3 is 0.824 bits per heavy atom. The number of hydrogen-bond donors (Lipinski definition) is 1. The Kier molecular flexibility index (Phi) is 17.9. The van der Waals surface area contributed by atoms with Crippen LogP contribution in [0.1, 0.15) is 6.92 Å². The average Bonchev–Trinajstić information content (AvgIpc) is 2.83. The van der Waals surface area contributed by atoms with E-state index in [1.54, 1.807) is 6.92 Å². The zero-order valence-electron chi connectivity index (χ0n) is 17.9. The number of hydrogen-bond acceptors (Lipinski definition) is 1. The van der Waals surface area contributed by atoms with Crippen molar-refractivity contribution in [3.63, 3.8) is 0 Å². The van der Waals surface area contributed by atoms with E-state index in [0.29, 0.717) is 5.57 Å². The van der Waals surface area contributed by atoms with E-state index in [2.05, 4.69) is 174 Å².